The summed E-state index contributed by atoms with van der Waals surface area (Å²) >= 11 is 0. The highest BCUT2D eigenvalue weighted by Gasteiger charge is 2.21. The lowest BCUT2D eigenvalue weighted by molar-refractivity contribution is -0.0149. The maximum atomic E-state index is 5.90. The van der Waals surface area contributed by atoms with E-state index in [9.17, 15) is 0 Å². The largest absolute Gasteiger partial charge is 0.371 e. The lowest BCUT2D eigenvalue weighted by Crippen LogP contribution is -2.49. The van der Waals surface area contributed by atoms with Crippen LogP contribution in [0.5, 0.6) is 0 Å². The van der Waals surface area contributed by atoms with Crippen molar-refractivity contribution in [2.45, 2.75) is 85.2 Å². The molecule has 0 aliphatic carbocycles. The van der Waals surface area contributed by atoms with Crippen LogP contribution in [-0.4, -0.2) is 48.2 Å². The normalized spacial score (nSPS) is 16.6. The van der Waals surface area contributed by atoms with Gasteiger partial charge in [-0.2, -0.15) is 0 Å². The van der Waals surface area contributed by atoms with E-state index in [2.05, 4.69) is 81.3 Å². The summed E-state index contributed by atoms with van der Waals surface area (Å²) in [5.41, 5.74) is 2.28. The standard InChI is InChI=1S/C23H40N4O.HI/c1-7-24-22(26-21-11-13-27(14-12-21)18(2)3)25-16-19-9-8-10-20(15-19)17-28-23(4,5)6;/h8-10,15,18,21H,7,11-14,16-17H2,1-6H3,(H2,24,25,26);1H. The first-order valence-corrected chi connectivity index (χ1v) is 10.8. The van der Waals surface area contributed by atoms with Gasteiger partial charge in [-0.05, 0) is 65.5 Å². The first-order valence-electron chi connectivity index (χ1n) is 10.8. The average Bonchev–Trinajstić information content (AvgIpc) is 2.65. The van der Waals surface area contributed by atoms with Gasteiger partial charge in [-0.25, -0.2) is 4.99 Å². The van der Waals surface area contributed by atoms with E-state index >= 15 is 0 Å². The molecule has 0 bridgehead atoms. The molecule has 0 spiro atoms. The molecule has 6 heteroatoms. The molecule has 1 aliphatic heterocycles. The zero-order chi connectivity index (χ0) is 20.6. The number of hydrogen-bond donors (Lipinski definition) is 2. The molecular formula is C23H41IN4O. The van der Waals surface area contributed by atoms with Crippen molar-refractivity contribution in [2.24, 2.45) is 4.99 Å². The smallest absolute Gasteiger partial charge is 0.191 e. The highest BCUT2D eigenvalue weighted by atomic mass is 127. The summed E-state index contributed by atoms with van der Waals surface area (Å²) < 4.78 is 5.90. The third-order valence-electron chi connectivity index (χ3n) is 5.03. The fourth-order valence-electron chi connectivity index (χ4n) is 3.36. The summed E-state index contributed by atoms with van der Waals surface area (Å²) in [6, 6.07) is 9.67. The van der Waals surface area contributed by atoms with Gasteiger partial charge < -0.3 is 20.3 Å². The molecule has 2 N–H and O–H groups in total. The van der Waals surface area contributed by atoms with E-state index in [4.69, 9.17) is 9.73 Å². The van der Waals surface area contributed by atoms with Gasteiger partial charge in [-0.3, -0.25) is 0 Å². The van der Waals surface area contributed by atoms with E-state index in [1.54, 1.807) is 0 Å². The number of ether oxygens (including phenoxy) is 1. The number of aliphatic imine (C=N–C) groups is 1. The van der Waals surface area contributed by atoms with Gasteiger partial charge in [0.1, 0.15) is 0 Å². The lowest BCUT2D eigenvalue weighted by atomic mass is 10.0. The summed E-state index contributed by atoms with van der Waals surface area (Å²) in [5.74, 6) is 0.918. The summed E-state index contributed by atoms with van der Waals surface area (Å²) in [7, 11) is 0. The molecule has 0 atom stereocenters. The Labute approximate surface area is 195 Å². The number of rotatable bonds is 7. The predicted octanol–water partition coefficient (Wildman–Crippen LogP) is 4.55. The second-order valence-corrected chi connectivity index (χ2v) is 8.96. The molecule has 1 fully saturated rings. The molecule has 1 heterocycles. The second-order valence-electron chi connectivity index (χ2n) is 8.96. The van der Waals surface area contributed by atoms with Crippen molar-refractivity contribution in [3.05, 3.63) is 35.4 Å². The molecular weight excluding hydrogens is 475 g/mol. The first-order chi connectivity index (χ1) is 13.3. The zero-order valence-corrected chi connectivity index (χ0v) is 21.5. The van der Waals surface area contributed by atoms with E-state index < -0.39 is 0 Å². The van der Waals surface area contributed by atoms with Gasteiger partial charge in [-0.15, -0.1) is 24.0 Å². The fourth-order valence-corrected chi connectivity index (χ4v) is 3.36. The number of benzene rings is 1. The van der Waals surface area contributed by atoms with Crippen molar-refractivity contribution >= 4 is 29.9 Å². The number of hydrogen-bond acceptors (Lipinski definition) is 3. The van der Waals surface area contributed by atoms with Gasteiger partial charge in [-0.1, -0.05) is 24.3 Å². The Bertz CT molecular complexity index is 620. The van der Waals surface area contributed by atoms with Crippen LogP contribution in [0.25, 0.3) is 0 Å². The minimum absolute atomic E-state index is 0. The van der Waals surface area contributed by atoms with Crippen molar-refractivity contribution in [1.29, 1.82) is 0 Å². The van der Waals surface area contributed by atoms with Gasteiger partial charge in [0.15, 0.2) is 5.96 Å². The van der Waals surface area contributed by atoms with Crippen LogP contribution in [-0.2, 0) is 17.9 Å². The number of halogens is 1. The van der Waals surface area contributed by atoms with Crippen LogP contribution in [0.1, 0.15) is 65.5 Å². The lowest BCUT2D eigenvalue weighted by Gasteiger charge is -2.35. The quantitative estimate of drug-likeness (QED) is 0.317. The first kappa shape index (κ1) is 26.2. The Kier molecular flexibility index (Phi) is 11.5. The molecule has 0 unspecified atom stereocenters. The predicted molar refractivity (Wildman–Crippen MR) is 134 cm³/mol. The second kappa shape index (κ2) is 12.7. The van der Waals surface area contributed by atoms with E-state index in [0.717, 1.165) is 25.6 Å². The maximum Gasteiger partial charge on any atom is 0.191 e. The molecule has 29 heavy (non-hydrogen) atoms. The summed E-state index contributed by atoms with van der Waals surface area (Å²) in [6.07, 6.45) is 2.34. The van der Waals surface area contributed by atoms with Crippen LogP contribution >= 0.6 is 24.0 Å². The van der Waals surface area contributed by atoms with Gasteiger partial charge in [0.05, 0.1) is 18.8 Å². The van der Waals surface area contributed by atoms with Crippen molar-refractivity contribution in [1.82, 2.24) is 15.5 Å². The van der Waals surface area contributed by atoms with Crippen molar-refractivity contribution in [3.8, 4) is 0 Å². The highest BCUT2D eigenvalue weighted by Crippen LogP contribution is 2.15. The van der Waals surface area contributed by atoms with E-state index in [1.807, 2.05) is 0 Å². The Morgan fingerprint density at radius 3 is 2.45 bits per heavy atom. The van der Waals surface area contributed by atoms with Crippen LogP contribution in [0.4, 0.5) is 0 Å². The van der Waals surface area contributed by atoms with Crippen LogP contribution in [0.3, 0.4) is 0 Å². The molecule has 0 saturated carbocycles. The molecule has 5 nitrogen and oxygen atoms in total. The molecule has 1 aromatic carbocycles. The van der Waals surface area contributed by atoms with Crippen molar-refractivity contribution in [2.75, 3.05) is 19.6 Å². The minimum Gasteiger partial charge on any atom is -0.371 e. The molecule has 1 aromatic rings. The SMILES string of the molecule is CCNC(=NCc1cccc(COC(C)(C)C)c1)NC1CCN(C(C)C)CC1.I. The number of guanidine groups is 1. The van der Waals surface area contributed by atoms with E-state index in [1.165, 1.54) is 24.0 Å². The van der Waals surface area contributed by atoms with Crippen molar-refractivity contribution in [3.63, 3.8) is 0 Å². The van der Waals surface area contributed by atoms with Crippen LogP contribution in [0.2, 0.25) is 0 Å². The van der Waals surface area contributed by atoms with E-state index in [-0.39, 0.29) is 29.6 Å². The number of likely N-dealkylation sites (tertiary alicyclic amines) is 1. The number of piperidine rings is 1. The topological polar surface area (TPSA) is 48.9 Å². The molecule has 0 radical (unpaired) electrons. The zero-order valence-electron chi connectivity index (χ0n) is 19.1. The average molecular weight is 517 g/mol. The molecule has 2 rings (SSSR count). The minimum atomic E-state index is -0.124. The Hall–Kier alpha value is -0.860. The summed E-state index contributed by atoms with van der Waals surface area (Å²) in [6.45, 7) is 17.4. The molecule has 0 aromatic heterocycles. The Morgan fingerprint density at radius 2 is 1.86 bits per heavy atom. The van der Waals surface area contributed by atoms with Crippen LogP contribution < -0.4 is 10.6 Å². The monoisotopic (exact) mass is 516 g/mol. The molecule has 1 aliphatic rings. The van der Waals surface area contributed by atoms with Gasteiger partial charge >= 0.3 is 0 Å². The van der Waals surface area contributed by atoms with Crippen molar-refractivity contribution < 1.29 is 4.74 Å². The number of nitrogens with one attached hydrogen (secondary N) is 2. The molecule has 166 valence electrons. The third-order valence-corrected chi connectivity index (χ3v) is 5.03. The van der Waals surface area contributed by atoms with Gasteiger partial charge in [0, 0.05) is 31.7 Å². The maximum absolute atomic E-state index is 5.90. The van der Waals surface area contributed by atoms with Crippen LogP contribution in [0, 0.1) is 0 Å². The van der Waals surface area contributed by atoms with E-state index in [0.29, 0.717) is 25.2 Å². The molecule has 1 saturated heterocycles. The fraction of sp³-hybridized carbons (Fsp3) is 0.696. The van der Waals surface area contributed by atoms with Gasteiger partial charge in [0.25, 0.3) is 0 Å². The highest BCUT2D eigenvalue weighted by molar-refractivity contribution is 14.0. The Balaban J connectivity index is 0.00000420. The number of nitrogens with zero attached hydrogens (tertiary/aromatic N) is 2. The van der Waals surface area contributed by atoms with Crippen LogP contribution in [0.15, 0.2) is 29.3 Å². The third kappa shape index (κ3) is 10.1. The Morgan fingerprint density at radius 1 is 1.21 bits per heavy atom. The summed E-state index contributed by atoms with van der Waals surface area (Å²) in [5, 5.41) is 7.03. The summed E-state index contributed by atoms with van der Waals surface area (Å²) in [4.78, 5) is 7.37. The molecule has 0 amide bonds. The van der Waals surface area contributed by atoms with Gasteiger partial charge in [0.2, 0.25) is 0 Å².